The van der Waals surface area contributed by atoms with E-state index in [0.717, 1.165) is 24.3 Å². The summed E-state index contributed by atoms with van der Waals surface area (Å²) in [6, 6.07) is 13.7. The van der Waals surface area contributed by atoms with Crippen molar-refractivity contribution in [2.24, 2.45) is 5.92 Å². The molecule has 2 heteroatoms. The highest BCUT2D eigenvalue weighted by Crippen LogP contribution is 2.28. The van der Waals surface area contributed by atoms with Gasteiger partial charge >= 0.3 is 0 Å². The van der Waals surface area contributed by atoms with E-state index in [1.165, 1.54) is 42.0 Å². The lowest BCUT2D eigenvalue weighted by molar-refractivity contribution is -0.712. The minimum absolute atomic E-state index is 0.791. The van der Waals surface area contributed by atoms with Crippen molar-refractivity contribution in [1.82, 2.24) is 0 Å². The Morgan fingerprint density at radius 1 is 1.05 bits per heavy atom. The Morgan fingerprint density at radius 3 is 2.57 bits per heavy atom. The summed E-state index contributed by atoms with van der Waals surface area (Å²) >= 11 is 0. The Balaban J connectivity index is 1.81. The Hall–Kier alpha value is -1.54. The van der Waals surface area contributed by atoms with Crippen LogP contribution < -0.4 is 10.1 Å². The first-order chi connectivity index (χ1) is 10.3. The van der Waals surface area contributed by atoms with Crippen LogP contribution in [-0.4, -0.2) is 13.2 Å². The van der Waals surface area contributed by atoms with Crippen LogP contribution in [0.2, 0.25) is 0 Å². The van der Waals surface area contributed by atoms with Crippen molar-refractivity contribution >= 4 is 10.8 Å². The molecular formula is C19H26NO+. The monoisotopic (exact) mass is 284 g/mol. The van der Waals surface area contributed by atoms with Crippen molar-refractivity contribution in [3.05, 3.63) is 42.0 Å². The van der Waals surface area contributed by atoms with E-state index in [2.05, 4.69) is 48.6 Å². The number of benzene rings is 2. The normalized spacial score (nSPS) is 22.4. The van der Waals surface area contributed by atoms with Gasteiger partial charge in [0, 0.05) is 16.9 Å². The molecule has 0 saturated heterocycles. The summed E-state index contributed by atoms with van der Waals surface area (Å²) < 4.78 is 5.48. The molecule has 0 aromatic heterocycles. The van der Waals surface area contributed by atoms with Gasteiger partial charge in [0.1, 0.15) is 12.3 Å². The lowest BCUT2D eigenvalue weighted by Crippen LogP contribution is -2.90. The van der Waals surface area contributed by atoms with Gasteiger partial charge in [-0.05, 0) is 36.8 Å². The number of quaternary nitrogens is 1. The number of fused-ring (bicyclic) bond motifs is 1. The second-order valence-electron chi connectivity index (χ2n) is 6.34. The van der Waals surface area contributed by atoms with Gasteiger partial charge in [-0.25, -0.2) is 0 Å². The van der Waals surface area contributed by atoms with Gasteiger partial charge in [0.05, 0.1) is 13.2 Å². The number of methoxy groups -OCH3 is 1. The molecule has 1 saturated carbocycles. The van der Waals surface area contributed by atoms with Gasteiger partial charge in [-0.1, -0.05) is 37.6 Å². The zero-order valence-electron chi connectivity index (χ0n) is 13.1. The maximum Gasteiger partial charge on any atom is 0.126 e. The highest BCUT2D eigenvalue weighted by atomic mass is 16.5. The van der Waals surface area contributed by atoms with Crippen LogP contribution in [0, 0.1) is 5.92 Å². The standard InChI is InChI=1S/C19H25NO/c1-14-7-3-6-10-18(14)20-13-15-11-12-19(21-2)17-9-5-4-8-16(15)17/h4-5,8-9,11-12,14,18,20H,3,6-7,10,13H2,1-2H3/p+1/t14-,18+/m1/s1. The average Bonchev–Trinajstić information content (AvgIpc) is 2.54. The Kier molecular flexibility index (Phi) is 4.45. The summed E-state index contributed by atoms with van der Waals surface area (Å²) in [5.74, 6) is 1.82. The van der Waals surface area contributed by atoms with Crippen LogP contribution in [0.25, 0.3) is 10.8 Å². The molecule has 1 fully saturated rings. The molecule has 1 aliphatic rings. The van der Waals surface area contributed by atoms with Crippen LogP contribution in [0.4, 0.5) is 0 Å². The van der Waals surface area contributed by atoms with E-state index < -0.39 is 0 Å². The molecule has 3 rings (SSSR count). The maximum absolute atomic E-state index is 5.48. The maximum atomic E-state index is 5.48. The first-order valence-corrected chi connectivity index (χ1v) is 8.17. The van der Waals surface area contributed by atoms with Crippen LogP contribution in [-0.2, 0) is 6.54 Å². The summed E-state index contributed by atoms with van der Waals surface area (Å²) in [6.07, 6.45) is 5.58. The van der Waals surface area contributed by atoms with Gasteiger partial charge in [-0.3, -0.25) is 0 Å². The first kappa shape index (κ1) is 14.4. The Bertz CT molecular complexity index is 608. The fourth-order valence-corrected chi connectivity index (χ4v) is 3.66. The summed E-state index contributed by atoms with van der Waals surface area (Å²) in [7, 11) is 1.75. The van der Waals surface area contributed by atoms with Crippen LogP contribution >= 0.6 is 0 Å². The van der Waals surface area contributed by atoms with E-state index in [1.54, 1.807) is 7.11 Å². The molecule has 2 nitrogen and oxygen atoms in total. The first-order valence-electron chi connectivity index (χ1n) is 8.17. The minimum Gasteiger partial charge on any atom is -0.496 e. The van der Waals surface area contributed by atoms with Gasteiger partial charge in [-0.2, -0.15) is 0 Å². The molecule has 2 aromatic carbocycles. The van der Waals surface area contributed by atoms with Crippen LogP contribution in [0.15, 0.2) is 36.4 Å². The third-order valence-corrected chi connectivity index (χ3v) is 5.01. The molecule has 0 unspecified atom stereocenters. The quantitative estimate of drug-likeness (QED) is 0.913. The lowest BCUT2D eigenvalue weighted by Gasteiger charge is -2.26. The van der Waals surface area contributed by atoms with Gasteiger partial charge in [0.15, 0.2) is 0 Å². The largest absolute Gasteiger partial charge is 0.496 e. The zero-order valence-corrected chi connectivity index (χ0v) is 13.1. The van der Waals surface area contributed by atoms with Crippen LogP contribution in [0.1, 0.15) is 38.2 Å². The molecule has 0 amide bonds. The Morgan fingerprint density at radius 2 is 1.81 bits per heavy atom. The fraction of sp³-hybridized carbons (Fsp3) is 0.474. The van der Waals surface area contributed by atoms with Crippen molar-refractivity contribution in [2.45, 2.75) is 45.2 Å². The number of hydrogen-bond donors (Lipinski definition) is 1. The molecule has 0 spiro atoms. The number of hydrogen-bond acceptors (Lipinski definition) is 1. The highest BCUT2D eigenvalue weighted by molar-refractivity contribution is 5.90. The van der Waals surface area contributed by atoms with Crippen molar-refractivity contribution < 1.29 is 10.1 Å². The van der Waals surface area contributed by atoms with E-state index in [9.17, 15) is 0 Å². The zero-order chi connectivity index (χ0) is 14.7. The van der Waals surface area contributed by atoms with Crippen molar-refractivity contribution in [1.29, 1.82) is 0 Å². The molecule has 2 atom stereocenters. The number of nitrogens with two attached hydrogens (primary N) is 1. The minimum atomic E-state index is 0.791. The second-order valence-corrected chi connectivity index (χ2v) is 6.34. The molecule has 1 aliphatic carbocycles. The predicted octanol–water partition coefficient (Wildman–Crippen LogP) is 3.49. The van der Waals surface area contributed by atoms with Crippen molar-refractivity contribution in [3.8, 4) is 5.75 Å². The average molecular weight is 284 g/mol. The summed E-state index contributed by atoms with van der Waals surface area (Å²) in [5.41, 5.74) is 1.42. The molecule has 2 aromatic rings. The summed E-state index contributed by atoms with van der Waals surface area (Å²) in [5, 5.41) is 5.11. The molecular weight excluding hydrogens is 258 g/mol. The molecule has 0 aliphatic heterocycles. The van der Waals surface area contributed by atoms with E-state index in [-0.39, 0.29) is 0 Å². The second kappa shape index (κ2) is 6.48. The van der Waals surface area contributed by atoms with Gasteiger partial charge in [0.25, 0.3) is 0 Å². The van der Waals surface area contributed by atoms with Crippen LogP contribution in [0.5, 0.6) is 5.75 Å². The smallest absolute Gasteiger partial charge is 0.126 e. The van der Waals surface area contributed by atoms with Crippen molar-refractivity contribution in [2.75, 3.05) is 7.11 Å². The van der Waals surface area contributed by atoms with E-state index in [1.807, 2.05) is 0 Å². The number of rotatable bonds is 4. The highest BCUT2D eigenvalue weighted by Gasteiger charge is 2.24. The molecule has 112 valence electrons. The van der Waals surface area contributed by atoms with Crippen molar-refractivity contribution in [3.63, 3.8) is 0 Å². The van der Waals surface area contributed by atoms with Gasteiger partial charge in [0.2, 0.25) is 0 Å². The van der Waals surface area contributed by atoms with E-state index >= 15 is 0 Å². The molecule has 0 bridgehead atoms. The SMILES string of the molecule is COc1ccc(C[NH2+][C@H]2CCCC[C@H]2C)c2ccccc12. The molecule has 2 N–H and O–H groups in total. The Labute approximate surface area is 127 Å². The number of ether oxygens (including phenoxy) is 1. The summed E-state index contributed by atoms with van der Waals surface area (Å²) in [6.45, 7) is 3.48. The van der Waals surface area contributed by atoms with E-state index in [0.29, 0.717) is 0 Å². The third kappa shape index (κ3) is 3.06. The van der Waals surface area contributed by atoms with Gasteiger partial charge in [-0.15, -0.1) is 0 Å². The molecule has 0 radical (unpaired) electrons. The lowest BCUT2D eigenvalue weighted by atomic mass is 9.86. The van der Waals surface area contributed by atoms with Gasteiger partial charge < -0.3 is 10.1 Å². The molecule has 0 heterocycles. The third-order valence-electron chi connectivity index (χ3n) is 5.01. The van der Waals surface area contributed by atoms with E-state index in [4.69, 9.17) is 4.74 Å². The topological polar surface area (TPSA) is 25.8 Å². The summed E-state index contributed by atoms with van der Waals surface area (Å²) in [4.78, 5) is 0. The fourth-order valence-electron chi connectivity index (χ4n) is 3.66. The predicted molar refractivity (Wildman–Crippen MR) is 87.5 cm³/mol. The molecule has 21 heavy (non-hydrogen) atoms. The van der Waals surface area contributed by atoms with Crippen LogP contribution in [0.3, 0.4) is 0 Å².